The van der Waals surface area contributed by atoms with Crippen molar-refractivity contribution in [2.75, 3.05) is 13.2 Å². The van der Waals surface area contributed by atoms with Crippen LogP contribution < -0.4 is 18.9 Å². The number of hydrogen-bond acceptors (Lipinski definition) is 6. The quantitative estimate of drug-likeness (QED) is 0.0277. The molecular weight excluding hydrogens is 865 g/mol. The van der Waals surface area contributed by atoms with E-state index in [9.17, 15) is 9.59 Å². The van der Waals surface area contributed by atoms with E-state index in [-0.39, 0.29) is 11.9 Å². The normalized spacial score (nSPS) is 12.0. The second-order valence-corrected chi connectivity index (χ2v) is 19.2. The van der Waals surface area contributed by atoms with Crippen molar-refractivity contribution in [1.29, 1.82) is 0 Å². The number of aryl methyl sites for hydroxylation is 4. The number of ether oxygens (including phenoxy) is 4. The topological polar surface area (TPSA) is 71.1 Å². The molecule has 6 aromatic rings. The van der Waals surface area contributed by atoms with Crippen LogP contribution >= 0.6 is 0 Å². The molecule has 0 radical (unpaired) electrons. The molecule has 0 amide bonds. The van der Waals surface area contributed by atoms with Crippen LogP contribution in [-0.2, 0) is 25.7 Å². The van der Waals surface area contributed by atoms with Crippen molar-refractivity contribution in [1.82, 2.24) is 0 Å². The van der Waals surface area contributed by atoms with Gasteiger partial charge in [0.2, 0.25) is 0 Å². The molecule has 0 spiro atoms. The molecule has 368 valence electrons. The molecule has 6 nitrogen and oxygen atoms in total. The van der Waals surface area contributed by atoms with Crippen molar-refractivity contribution >= 4 is 11.9 Å². The number of carbonyl (C=O) groups excluding carboxylic acids is 2. The maximum atomic E-state index is 13.8. The third-order valence-electron chi connectivity index (χ3n) is 13.7. The summed E-state index contributed by atoms with van der Waals surface area (Å²) in [6, 6.07) is 44.0. The fourth-order valence-corrected chi connectivity index (χ4v) is 9.38. The largest absolute Gasteiger partial charge is 0.494 e. The van der Waals surface area contributed by atoms with Gasteiger partial charge in [0.25, 0.3) is 0 Å². The average Bonchev–Trinajstić information content (AvgIpc) is 3.39. The third-order valence-corrected chi connectivity index (χ3v) is 13.7. The molecule has 10 rings (SSSR count). The van der Waals surface area contributed by atoms with Gasteiger partial charge in [-0.1, -0.05) is 189 Å². The van der Waals surface area contributed by atoms with Gasteiger partial charge in [0, 0.05) is 0 Å². The van der Waals surface area contributed by atoms with Gasteiger partial charge in [0.15, 0.2) is 0 Å². The van der Waals surface area contributed by atoms with Crippen LogP contribution in [-0.4, -0.2) is 25.2 Å². The summed E-state index contributed by atoms with van der Waals surface area (Å²) in [5.41, 5.74) is 9.21. The second kappa shape index (κ2) is 28.5. The van der Waals surface area contributed by atoms with Crippen LogP contribution in [0.1, 0.15) is 172 Å². The van der Waals surface area contributed by atoms with Crippen LogP contribution in [0.15, 0.2) is 133 Å². The minimum Gasteiger partial charge on any atom is -0.494 e. The van der Waals surface area contributed by atoms with Gasteiger partial charge >= 0.3 is 11.9 Å². The molecule has 0 N–H and O–H groups in total. The number of hydrogen-bond donors (Lipinski definition) is 0. The molecule has 4 aliphatic rings. The van der Waals surface area contributed by atoms with Crippen molar-refractivity contribution in [3.8, 4) is 45.3 Å². The first-order valence-corrected chi connectivity index (χ1v) is 26.8. The Kier molecular flexibility index (Phi) is 21.1. The highest BCUT2D eigenvalue weighted by Gasteiger charge is 2.20. The molecule has 0 unspecified atom stereocenters. The van der Waals surface area contributed by atoms with E-state index in [1.54, 1.807) is 0 Å². The molecule has 4 bridgehead atoms. The van der Waals surface area contributed by atoms with Gasteiger partial charge in [-0.25, -0.2) is 9.59 Å². The number of unbranched alkanes of at least 4 members (excludes halogenated alkanes) is 16. The zero-order valence-electron chi connectivity index (χ0n) is 42.1. The molecule has 0 fully saturated rings. The van der Waals surface area contributed by atoms with Crippen molar-refractivity contribution in [2.24, 2.45) is 0 Å². The first-order valence-electron chi connectivity index (χ1n) is 26.8. The minimum absolute atomic E-state index is 0.370. The predicted molar refractivity (Wildman–Crippen MR) is 287 cm³/mol. The first kappa shape index (κ1) is 51.7. The van der Waals surface area contributed by atoms with Crippen molar-refractivity contribution < 1.29 is 28.5 Å². The fourth-order valence-electron chi connectivity index (χ4n) is 9.38. The SMILES string of the molecule is CCCCCCCCCCCOc1ccc(-c2ccc(OC(=O)c3cc4ccc3CCc3ccc(c(C(=O)Oc5ccc(-c6ccc(OCCCCCCCCCCC)cc6)cc5)c3)CC4)cc2)cc1. The van der Waals surface area contributed by atoms with E-state index in [2.05, 4.69) is 50.2 Å². The number of rotatable bonds is 28. The molecule has 0 saturated carbocycles. The highest BCUT2D eigenvalue weighted by Crippen LogP contribution is 2.29. The highest BCUT2D eigenvalue weighted by molar-refractivity contribution is 5.94. The lowest BCUT2D eigenvalue weighted by atomic mass is 9.91. The smallest absolute Gasteiger partial charge is 0.343 e. The highest BCUT2D eigenvalue weighted by atomic mass is 16.5. The predicted octanol–water partition coefficient (Wildman–Crippen LogP) is 17.2. The van der Waals surface area contributed by atoms with Crippen molar-refractivity contribution in [2.45, 2.75) is 155 Å². The van der Waals surface area contributed by atoms with Crippen LogP contribution in [0.2, 0.25) is 0 Å². The summed E-state index contributed by atoms with van der Waals surface area (Å²) in [4.78, 5) is 27.6. The summed E-state index contributed by atoms with van der Waals surface area (Å²) in [5.74, 6) is 2.03. The minimum atomic E-state index is -0.370. The van der Waals surface area contributed by atoms with Gasteiger partial charge in [-0.05, 0) is 144 Å². The van der Waals surface area contributed by atoms with Crippen LogP contribution in [0.25, 0.3) is 22.3 Å². The Morgan fingerprint density at radius 3 is 0.971 bits per heavy atom. The van der Waals surface area contributed by atoms with E-state index in [1.807, 2.05) is 97.1 Å². The molecule has 0 aliphatic heterocycles. The Morgan fingerprint density at radius 1 is 0.343 bits per heavy atom. The molecule has 0 atom stereocenters. The lowest BCUT2D eigenvalue weighted by molar-refractivity contribution is 0.0724. The first-order chi connectivity index (χ1) is 34.4. The van der Waals surface area contributed by atoms with Gasteiger partial charge in [0.1, 0.15) is 23.0 Å². The summed E-state index contributed by atoms with van der Waals surface area (Å²) < 4.78 is 24.0. The van der Waals surface area contributed by atoms with Crippen LogP contribution in [0.5, 0.6) is 23.0 Å². The van der Waals surface area contributed by atoms with Gasteiger partial charge < -0.3 is 18.9 Å². The maximum Gasteiger partial charge on any atom is 0.343 e. The Hall–Kier alpha value is -6.14. The Bertz CT molecular complexity index is 2310. The average molecular weight is 941 g/mol. The zero-order valence-corrected chi connectivity index (χ0v) is 42.1. The third kappa shape index (κ3) is 16.5. The molecule has 6 aromatic carbocycles. The van der Waals surface area contributed by atoms with E-state index in [1.165, 1.54) is 103 Å². The summed E-state index contributed by atoms with van der Waals surface area (Å²) in [6.45, 7) is 6.02. The van der Waals surface area contributed by atoms with E-state index >= 15 is 0 Å². The lowest BCUT2D eigenvalue weighted by Gasteiger charge is -2.16. The zero-order chi connectivity index (χ0) is 48.6. The van der Waals surface area contributed by atoms with Crippen LogP contribution in [0.4, 0.5) is 0 Å². The Morgan fingerprint density at radius 2 is 0.643 bits per heavy atom. The van der Waals surface area contributed by atoms with Crippen LogP contribution in [0, 0.1) is 0 Å². The lowest BCUT2D eigenvalue weighted by Crippen LogP contribution is -2.15. The second-order valence-electron chi connectivity index (χ2n) is 19.2. The van der Waals surface area contributed by atoms with Crippen molar-refractivity contribution in [3.05, 3.63) is 167 Å². The van der Waals surface area contributed by atoms with Crippen molar-refractivity contribution in [3.63, 3.8) is 0 Å². The van der Waals surface area contributed by atoms with E-state index in [4.69, 9.17) is 18.9 Å². The molecule has 6 heteroatoms. The van der Waals surface area contributed by atoms with E-state index in [0.717, 1.165) is 82.1 Å². The van der Waals surface area contributed by atoms with E-state index < -0.39 is 0 Å². The number of benzene rings is 6. The molecule has 4 aliphatic carbocycles. The maximum absolute atomic E-state index is 13.8. The fraction of sp³-hybridized carbons (Fsp3) is 0.406. The summed E-state index contributed by atoms with van der Waals surface area (Å²) >= 11 is 0. The molecular formula is C64H76O6. The number of carbonyl (C=O) groups is 2. The van der Waals surface area contributed by atoms with E-state index in [0.29, 0.717) is 48.3 Å². The Balaban J connectivity index is 0.865. The standard InChI is InChI=1S/C64H76O6/c1-3-5-7-9-11-13-15-17-19-45-67-57-37-29-51(30-38-57)53-33-41-59(42-34-53)69-63(65)61-47-49-21-25-55(61)27-23-50-22-26-56(28-24-49)62(48-50)64(66)70-60-43-35-54(36-44-60)52-31-39-58(40-32-52)68-46-20-18-16-14-12-10-8-6-4-2/h21-22,25-26,29-44,47-48H,3-20,23-24,27-28,45-46H2,1-2H3. The Labute approximate surface area is 419 Å². The molecule has 70 heavy (non-hydrogen) atoms. The molecule has 0 aromatic heterocycles. The number of esters is 2. The van der Waals surface area contributed by atoms with Gasteiger partial charge in [-0.2, -0.15) is 0 Å². The molecule has 0 saturated heterocycles. The van der Waals surface area contributed by atoms with Gasteiger partial charge in [0.05, 0.1) is 24.3 Å². The van der Waals surface area contributed by atoms with Crippen LogP contribution in [0.3, 0.4) is 0 Å². The summed E-state index contributed by atoms with van der Waals surface area (Å²) in [7, 11) is 0. The monoisotopic (exact) mass is 941 g/mol. The summed E-state index contributed by atoms with van der Waals surface area (Å²) in [5, 5.41) is 0. The molecule has 0 heterocycles. The summed E-state index contributed by atoms with van der Waals surface area (Å²) in [6.07, 6.45) is 25.9. The van der Waals surface area contributed by atoms with Gasteiger partial charge in [-0.3, -0.25) is 0 Å². The van der Waals surface area contributed by atoms with Gasteiger partial charge in [-0.15, -0.1) is 0 Å².